The van der Waals surface area contributed by atoms with Crippen LogP contribution in [0.1, 0.15) is 22.3 Å². The fraction of sp³-hybridized carbons (Fsp3) is 0.0238. The number of nitrogens with zero attached hydrogens (tertiary/aromatic N) is 2. The van der Waals surface area contributed by atoms with E-state index in [2.05, 4.69) is 143 Å². The van der Waals surface area contributed by atoms with Crippen molar-refractivity contribution in [2.24, 2.45) is 0 Å². The van der Waals surface area contributed by atoms with E-state index in [1.165, 1.54) is 38.4 Å². The number of para-hydroxylation sites is 1. The summed E-state index contributed by atoms with van der Waals surface area (Å²) in [6.45, 7) is 7.56. The number of rotatable bonds is 1. The van der Waals surface area contributed by atoms with Gasteiger partial charge in [0, 0.05) is 33.0 Å². The van der Waals surface area contributed by atoms with E-state index in [0.29, 0.717) is 5.69 Å². The Balaban J connectivity index is 1.43. The number of aromatic nitrogens is 1. The molecule has 0 radical (unpaired) electrons. The summed E-state index contributed by atoms with van der Waals surface area (Å²) in [5.41, 5.74) is 10.6. The Morgan fingerprint density at radius 1 is 0.511 bits per heavy atom. The van der Waals surface area contributed by atoms with Crippen molar-refractivity contribution in [3.63, 3.8) is 0 Å². The molecule has 3 nitrogen and oxygen atoms in total. The van der Waals surface area contributed by atoms with Crippen LogP contribution in [0, 0.1) is 6.57 Å². The molecule has 0 saturated heterocycles. The normalized spacial score (nSPS) is 13.7. The molecule has 1 aliphatic heterocycles. The summed E-state index contributed by atoms with van der Waals surface area (Å²) in [5.74, 6) is 1.74. The van der Waals surface area contributed by atoms with Crippen molar-refractivity contribution in [3.8, 4) is 28.3 Å². The van der Waals surface area contributed by atoms with Crippen molar-refractivity contribution in [2.45, 2.75) is 5.41 Å². The molecule has 10 rings (SSSR count). The highest BCUT2D eigenvalue weighted by molar-refractivity contribution is 6.20. The maximum absolute atomic E-state index is 7.56. The molecule has 0 bridgehead atoms. The van der Waals surface area contributed by atoms with Gasteiger partial charge in [0.05, 0.1) is 23.0 Å². The van der Waals surface area contributed by atoms with Gasteiger partial charge < -0.3 is 9.30 Å². The van der Waals surface area contributed by atoms with Crippen LogP contribution in [0.25, 0.3) is 54.2 Å². The lowest BCUT2D eigenvalue weighted by atomic mass is 9.66. The molecule has 3 heteroatoms. The average Bonchev–Trinajstić information content (AvgIpc) is 3.60. The van der Waals surface area contributed by atoms with E-state index in [4.69, 9.17) is 11.3 Å². The maximum Gasteiger partial charge on any atom is 0.187 e. The lowest BCUT2D eigenvalue weighted by Crippen LogP contribution is -2.32. The molecule has 0 atom stereocenters. The standard InChI is InChI=1S/C42H24N2O/c1-43-27-19-21-28(22-20-27)44-39-29-11-3-2-10-26(29)18-23-32(39)33-24-25-37-41(40(33)44)45-38-17-9-8-16-36(38)42(37)34-14-6-4-12-30(34)31-13-5-7-15-35(31)42/h2-25H. The van der Waals surface area contributed by atoms with Gasteiger partial charge in [0.25, 0.3) is 0 Å². The average molecular weight is 573 g/mol. The SMILES string of the molecule is [C-]#[N+]c1ccc(-n2c3c4c(ccc3c3ccc5ccccc5c32)C2(c3ccccc3O4)c3ccccc3-c3ccccc32)cc1. The van der Waals surface area contributed by atoms with Gasteiger partial charge in [-0.3, -0.25) is 0 Å². The quantitative estimate of drug-likeness (QED) is 0.179. The van der Waals surface area contributed by atoms with Crippen molar-refractivity contribution in [3.05, 3.63) is 179 Å². The van der Waals surface area contributed by atoms with Gasteiger partial charge in [-0.1, -0.05) is 127 Å². The van der Waals surface area contributed by atoms with E-state index < -0.39 is 5.41 Å². The van der Waals surface area contributed by atoms with Crippen LogP contribution in [0.2, 0.25) is 0 Å². The second-order valence-electron chi connectivity index (χ2n) is 11.9. The molecule has 0 fully saturated rings. The minimum absolute atomic E-state index is 0.539. The highest BCUT2D eigenvalue weighted by Gasteiger charge is 2.51. The summed E-state index contributed by atoms with van der Waals surface area (Å²) in [6, 6.07) is 51.7. The van der Waals surface area contributed by atoms with E-state index in [1.54, 1.807) is 0 Å². The highest BCUT2D eigenvalue weighted by atomic mass is 16.5. The van der Waals surface area contributed by atoms with Crippen LogP contribution < -0.4 is 4.74 Å². The molecule has 7 aromatic carbocycles. The Kier molecular flexibility index (Phi) is 4.72. The van der Waals surface area contributed by atoms with Gasteiger partial charge in [0.15, 0.2) is 11.4 Å². The first-order valence-corrected chi connectivity index (χ1v) is 15.2. The van der Waals surface area contributed by atoms with Gasteiger partial charge in [-0.25, -0.2) is 4.85 Å². The van der Waals surface area contributed by atoms with Gasteiger partial charge in [0.2, 0.25) is 0 Å². The number of fused-ring (bicyclic) bond motifs is 15. The molecule has 0 unspecified atom stereocenters. The molecule has 1 aliphatic carbocycles. The first-order chi connectivity index (χ1) is 22.3. The summed E-state index contributed by atoms with van der Waals surface area (Å²) >= 11 is 0. The first-order valence-electron chi connectivity index (χ1n) is 15.2. The van der Waals surface area contributed by atoms with Gasteiger partial charge >= 0.3 is 0 Å². The Hall–Kier alpha value is -6.11. The third kappa shape index (κ3) is 2.98. The third-order valence-corrected chi connectivity index (χ3v) is 9.87. The zero-order valence-electron chi connectivity index (χ0n) is 24.2. The van der Waals surface area contributed by atoms with Crippen LogP contribution in [0.15, 0.2) is 146 Å². The number of hydrogen-bond donors (Lipinski definition) is 0. The van der Waals surface area contributed by atoms with Crippen molar-refractivity contribution in [1.29, 1.82) is 0 Å². The zero-order chi connectivity index (χ0) is 29.7. The van der Waals surface area contributed by atoms with Crippen LogP contribution in [-0.2, 0) is 5.41 Å². The highest BCUT2D eigenvalue weighted by Crippen LogP contribution is 2.63. The van der Waals surface area contributed by atoms with E-state index in [0.717, 1.165) is 44.7 Å². The predicted octanol–water partition coefficient (Wildman–Crippen LogP) is 11.0. The van der Waals surface area contributed by atoms with Crippen LogP contribution >= 0.6 is 0 Å². The summed E-state index contributed by atoms with van der Waals surface area (Å²) < 4.78 is 9.44. The summed E-state index contributed by atoms with van der Waals surface area (Å²) in [6.07, 6.45) is 0. The van der Waals surface area contributed by atoms with Crippen molar-refractivity contribution in [2.75, 3.05) is 0 Å². The van der Waals surface area contributed by atoms with Gasteiger partial charge in [-0.2, -0.15) is 0 Å². The maximum atomic E-state index is 7.56. The minimum atomic E-state index is -0.539. The monoisotopic (exact) mass is 572 g/mol. The van der Waals surface area contributed by atoms with E-state index >= 15 is 0 Å². The number of ether oxygens (including phenoxy) is 1. The second kappa shape index (κ2) is 8.72. The largest absolute Gasteiger partial charge is 0.454 e. The van der Waals surface area contributed by atoms with Crippen molar-refractivity contribution >= 4 is 38.3 Å². The Morgan fingerprint density at radius 3 is 1.89 bits per heavy atom. The molecular formula is C42H24N2O. The smallest absolute Gasteiger partial charge is 0.187 e. The molecule has 45 heavy (non-hydrogen) atoms. The number of benzene rings is 7. The van der Waals surface area contributed by atoms with Crippen molar-refractivity contribution < 1.29 is 4.74 Å². The lowest BCUT2D eigenvalue weighted by Gasteiger charge is -2.39. The topological polar surface area (TPSA) is 18.5 Å². The van der Waals surface area contributed by atoms with Gasteiger partial charge in [-0.05, 0) is 45.8 Å². The lowest BCUT2D eigenvalue weighted by molar-refractivity contribution is 0.440. The predicted molar refractivity (Wildman–Crippen MR) is 182 cm³/mol. The molecule has 0 N–H and O–H groups in total. The van der Waals surface area contributed by atoms with E-state index in [9.17, 15) is 0 Å². The first kappa shape index (κ1) is 24.3. The molecule has 0 saturated carbocycles. The molecule has 208 valence electrons. The minimum Gasteiger partial charge on any atom is -0.454 e. The Bertz CT molecular complexity index is 2540. The molecule has 1 spiro atoms. The van der Waals surface area contributed by atoms with Gasteiger partial charge in [-0.15, -0.1) is 0 Å². The fourth-order valence-electron chi connectivity index (χ4n) is 8.10. The van der Waals surface area contributed by atoms with E-state index in [1.807, 2.05) is 12.1 Å². The molecule has 0 amide bonds. The molecular weight excluding hydrogens is 548 g/mol. The Labute approximate surface area is 260 Å². The van der Waals surface area contributed by atoms with Crippen LogP contribution in [0.5, 0.6) is 11.5 Å². The molecule has 1 aromatic heterocycles. The van der Waals surface area contributed by atoms with Crippen LogP contribution in [0.3, 0.4) is 0 Å². The zero-order valence-corrected chi connectivity index (χ0v) is 24.2. The van der Waals surface area contributed by atoms with Crippen molar-refractivity contribution in [1.82, 2.24) is 4.57 Å². The number of hydrogen-bond acceptors (Lipinski definition) is 1. The summed E-state index contributed by atoms with van der Waals surface area (Å²) in [5, 5.41) is 4.67. The molecule has 2 aliphatic rings. The molecule has 8 aromatic rings. The second-order valence-corrected chi connectivity index (χ2v) is 11.9. The summed E-state index contributed by atoms with van der Waals surface area (Å²) in [7, 11) is 0. The van der Waals surface area contributed by atoms with Crippen LogP contribution in [-0.4, -0.2) is 4.57 Å². The third-order valence-electron chi connectivity index (χ3n) is 9.87. The van der Waals surface area contributed by atoms with E-state index in [-0.39, 0.29) is 0 Å². The van der Waals surface area contributed by atoms with Gasteiger partial charge in [0.1, 0.15) is 5.75 Å². The Morgan fingerprint density at radius 2 is 1.13 bits per heavy atom. The summed E-state index contributed by atoms with van der Waals surface area (Å²) in [4.78, 5) is 3.67. The molecule has 2 heterocycles. The van der Waals surface area contributed by atoms with Crippen LogP contribution in [0.4, 0.5) is 5.69 Å². The fourth-order valence-corrected chi connectivity index (χ4v) is 8.10.